The van der Waals surface area contributed by atoms with Gasteiger partial charge in [0.2, 0.25) is 22.7 Å². The van der Waals surface area contributed by atoms with E-state index in [1.807, 2.05) is 4.72 Å². The Labute approximate surface area is 149 Å². The van der Waals surface area contributed by atoms with Gasteiger partial charge in [0.05, 0.1) is 20.3 Å². The number of rotatable bonds is 5. The minimum absolute atomic E-state index is 0.133. The number of anilines is 1. The summed E-state index contributed by atoms with van der Waals surface area (Å²) in [5, 5.41) is 6.15. The highest BCUT2D eigenvalue weighted by Gasteiger charge is 2.30. The van der Waals surface area contributed by atoms with Gasteiger partial charge in [0, 0.05) is 18.3 Å². The Morgan fingerprint density at radius 1 is 1.19 bits per heavy atom. The van der Waals surface area contributed by atoms with Gasteiger partial charge < -0.3 is 9.47 Å². The normalized spacial score (nSPS) is 13.2. The van der Waals surface area contributed by atoms with E-state index >= 15 is 0 Å². The SMILES string of the molecule is COc1cc(OC)nc(NC(=O)NS(=O)(=O)c2nn(C)c3c2CCC3)n1. The molecule has 0 saturated carbocycles. The van der Waals surface area contributed by atoms with Crippen molar-refractivity contribution in [3.05, 3.63) is 17.3 Å². The number of aromatic nitrogens is 4. The molecule has 2 heterocycles. The maximum Gasteiger partial charge on any atom is 0.335 e. The van der Waals surface area contributed by atoms with Crippen LogP contribution in [0.15, 0.2) is 11.1 Å². The third-order valence-electron chi connectivity index (χ3n) is 3.88. The number of nitrogens with one attached hydrogen (secondary N) is 2. The van der Waals surface area contributed by atoms with Gasteiger partial charge in [-0.05, 0) is 19.3 Å². The summed E-state index contributed by atoms with van der Waals surface area (Å²) in [5.41, 5.74) is 1.51. The number of sulfonamides is 1. The van der Waals surface area contributed by atoms with E-state index in [4.69, 9.17) is 9.47 Å². The van der Waals surface area contributed by atoms with Crippen molar-refractivity contribution in [2.24, 2.45) is 7.05 Å². The van der Waals surface area contributed by atoms with Crippen LogP contribution in [-0.4, -0.2) is 48.4 Å². The molecule has 0 aromatic carbocycles. The summed E-state index contributed by atoms with van der Waals surface area (Å²) >= 11 is 0. The Morgan fingerprint density at radius 3 is 2.46 bits per heavy atom. The molecule has 0 radical (unpaired) electrons. The van der Waals surface area contributed by atoms with Gasteiger partial charge in [0.1, 0.15) is 0 Å². The number of hydrogen-bond acceptors (Lipinski definition) is 8. The Kier molecular flexibility index (Phi) is 4.68. The van der Waals surface area contributed by atoms with E-state index in [1.165, 1.54) is 25.0 Å². The number of amides is 2. The maximum atomic E-state index is 12.5. The second-order valence-corrected chi connectivity index (χ2v) is 7.14. The van der Waals surface area contributed by atoms with Crippen LogP contribution >= 0.6 is 0 Å². The fraction of sp³-hybridized carbons (Fsp3) is 0.429. The fourth-order valence-electron chi connectivity index (χ4n) is 2.75. The van der Waals surface area contributed by atoms with Crippen LogP contribution in [0, 0.1) is 0 Å². The molecule has 2 aromatic rings. The van der Waals surface area contributed by atoms with E-state index in [0.717, 1.165) is 18.5 Å². The van der Waals surface area contributed by atoms with Crippen molar-refractivity contribution < 1.29 is 22.7 Å². The second kappa shape index (κ2) is 6.78. The molecule has 2 N–H and O–H groups in total. The molecule has 0 unspecified atom stereocenters. The molecule has 12 heteroatoms. The Bertz CT molecular complexity index is 933. The smallest absolute Gasteiger partial charge is 0.335 e. The first kappa shape index (κ1) is 17.9. The number of nitrogens with zero attached hydrogens (tertiary/aromatic N) is 4. The quantitative estimate of drug-likeness (QED) is 0.749. The van der Waals surface area contributed by atoms with E-state index in [-0.39, 0.29) is 22.7 Å². The van der Waals surface area contributed by atoms with Crippen molar-refractivity contribution >= 4 is 22.0 Å². The van der Waals surface area contributed by atoms with Crippen molar-refractivity contribution in [2.45, 2.75) is 24.3 Å². The van der Waals surface area contributed by atoms with Gasteiger partial charge in [-0.15, -0.1) is 0 Å². The summed E-state index contributed by atoms with van der Waals surface area (Å²) < 4.78 is 38.4. The number of carbonyl (C=O) groups excluding carboxylic acids is 1. The summed E-state index contributed by atoms with van der Waals surface area (Å²) in [7, 11) is 0.326. The molecule has 3 rings (SSSR count). The molecule has 0 aliphatic heterocycles. The van der Waals surface area contributed by atoms with Crippen LogP contribution in [0.4, 0.5) is 10.7 Å². The van der Waals surface area contributed by atoms with E-state index in [0.29, 0.717) is 12.0 Å². The number of carbonyl (C=O) groups is 1. The Morgan fingerprint density at radius 2 is 1.85 bits per heavy atom. The van der Waals surface area contributed by atoms with E-state index < -0.39 is 16.1 Å². The highest BCUT2D eigenvalue weighted by atomic mass is 32.2. The highest BCUT2D eigenvalue weighted by Crippen LogP contribution is 2.27. The topological polar surface area (TPSA) is 137 Å². The molecular weight excluding hydrogens is 364 g/mol. The predicted octanol–water partition coefficient (Wildman–Crippen LogP) is 0.226. The molecule has 11 nitrogen and oxygen atoms in total. The number of aryl methyl sites for hydroxylation is 1. The maximum absolute atomic E-state index is 12.5. The average molecular weight is 382 g/mol. The third-order valence-corrected chi connectivity index (χ3v) is 5.17. The van der Waals surface area contributed by atoms with E-state index in [1.54, 1.807) is 7.05 Å². The largest absolute Gasteiger partial charge is 0.481 e. The fourth-order valence-corrected chi connectivity index (χ4v) is 3.92. The molecule has 0 spiro atoms. The van der Waals surface area contributed by atoms with Crippen molar-refractivity contribution in [3.63, 3.8) is 0 Å². The molecule has 1 aliphatic rings. The molecular formula is C14H18N6O5S. The second-order valence-electron chi connectivity index (χ2n) is 5.54. The minimum Gasteiger partial charge on any atom is -0.481 e. The molecule has 0 saturated heterocycles. The van der Waals surface area contributed by atoms with Crippen molar-refractivity contribution in [3.8, 4) is 11.8 Å². The van der Waals surface area contributed by atoms with Crippen LogP contribution in [-0.2, 0) is 29.9 Å². The summed E-state index contributed by atoms with van der Waals surface area (Å²) in [5.74, 6) is 0.134. The molecule has 2 amide bonds. The van der Waals surface area contributed by atoms with Gasteiger partial charge in [-0.25, -0.2) is 9.52 Å². The molecule has 2 aromatic heterocycles. The summed E-state index contributed by atoms with van der Waals surface area (Å²) in [6.45, 7) is 0. The first-order valence-electron chi connectivity index (χ1n) is 7.69. The first-order chi connectivity index (χ1) is 12.3. The van der Waals surface area contributed by atoms with Crippen LogP contribution in [0.2, 0.25) is 0 Å². The van der Waals surface area contributed by atoms with Crippen LogP contribution in [0.5, 0.6) is 11.8 Å². The van der Waals surface area contributed by atoms with Gasteiger partial charge in [0.25, 0.3) is 10.0 Å². The van der Waals surface area contributed by atoms with Gasteiger partial charge in [-0.1, -0.05) is 0 Å². The van der Waals surface area contributed by atoms with Crippen LogP contribution < -0.4 is 19.5 Å². The van der Waals surface area contributed by atoms with Crippen LogP contribution in [0.3, 0.4) is 0 Å². The molecule has 26 heavy (non-hydrogen) atoms. The number of ether oxygens (including phenoxy) is 2. The van der Waals surface area contributed by atoms with Gasteiger partial charge in [-0.3, -0.25) is 10.00 Å². The van der Waals surface area contributed by atoms with Gasteiger partial charge >= 0.3 is 6.03 Å². The molecule has 1 aliphatic carbocycles. The lowest BCUT2D eigenvalue weighted by Gasteiger charge is -2.09. The lowest BCUT2D eigenvalue weighted by Crippen LogP contribution is -2.35. The third kappa shape index (κ3) is 3.40. The number of methoxy groups -OCH3 is 2. The molecule has 0 fully saturated rings. The summed E-state index contributed by atoms with van der Waals surface area (Å²) in [6, 6.07) is 0.398. The molecule has 0 atom stereocenters. The number of urea groups is 1. The van der Waals surface area contributed by atoms with Gasteiger partial charge in [0.15, 0.2) is 0 Å². The van der Waals surface area contributed by atoms with Crippen molar-refractivity contribution in [1.29, 1.82) is 0 Å². The number of hydrogen-bond donors (Lipinski definition) is 2. The van der Waals surface area contributed by atoms with Crippen molar-refractivity contribution in [1.82, 2.24) is 24.5 Å². The lowest BCUT2D eigenvalue weighted by molar-refractivity contribution is 0.256. The minimum atomic E-state index is -4.13. The monoisotopic (exact) mass is 382 g/mol. The molecule has 0 bridgehead atoms. The zero-order valence-electron chi connectivity index (χ0n) is 14.4. The van der Waals surface area contributed by atoms with E-state index in [9.17, 15) is 13.2 Å². The first-order valence-corrected chi connectivity index (χ1v) is 9.18. The zero-order chi connectivity index (χ0) is 18.9. The number of fused-ring (bicyclic) bond motifs is 1. The average Bonchev–Trinajstić information content (AvgIpc) is 3.18. The predicted molar refractivity (Wildman–Crippen MR) is 89.7 cm³/mol. The van der Waals surface area contributed by atoms with E-state index in [2.05, 4.69) is 20.4 Å². The standard InChI is InChI=1S/C14H18N6O5S/c1-20-9-6-4-5-8(9)12(18-20)26(22,23)19-14(21)17-13-15-10(24-2)7-11(16-13)25-3/h7H,4-6H2,1-3H3,(H2,15,16,17,19,21). The Hall–Kier alpha value is -2.89. The Balaban J connectivity index is 1.79. The molecule has 140 valence electrons. The zero-order valence-corrected chi connectivity index (χ0v) is 15.3. The van der Waals surface area contributed by atoms with Crippen LogP contribution in [0.25, 0.3) is 0 Å². The summed E-state index contributed by atoms with van der Waals surface area (Å²) in [4.78, 5) is 19.9. The highest BCUT2D eigenvalue weighted by molar-refractivity contribution is 7.90. The van der Waals surface area contributed by atoms with Gasteiger partial charge in [-0.2, -0.15) is 23.5 Å². The van der Waals surface area contributed by atoms with Crippen molar-refractivity contribution in [2.75, 3.05) is 19.5 Å². The lowest BCUT2D eigenvalue weighted by atomic mass is 10.3. The summed E-state index contributed by atoms with van der Waals surface area (Å²) in [6.07, 6.45) is 2.22. The van der Waals surface area contributed by atoms with Crippen LogP contribution in [0.1, 0.15) is 17.7 Å².